The summed E-state index contributed by atoms with van der Waals surface area (Å²) in [6.07, 6.45) is 0. The second-order valence-corrected chi connectivity index (χ2v) is 6.81. The molecule has 154 valence electrons. The fraction of sp³-hybridized carbons (Fsp3) is 0.350. The molecule has 0 unspecified atom stereocenters. The quantitative estimate of drug-likeness (QED) is 0.530. The summed E-state index contributed by atoms with van der Waals surface area (Å²) in [5.41, 5.74) is 1.32. The fourth-order valence-corrected chi connectivity index (χ4v) is 3.39. The Kier molecular flexibility index (Phi) is 6.50. The average molecular weight is 401 g/mol. The van der Waals surface area contributed by atoms with Crippen LogP contribution in [0.2, 0.25) is 0 Å². The molecular formula is C20H25N4O5+. The second-order valence-electron chi connectivity index (χ2n) is 6.81. The first kappa shape index (κ1) is 20.4. The van der Waals surface area contributed by atoms with Crippen LogP contribution in [0.5, 0.6) is 11.5 Å². The summed E-state index contributed by atoms with van der Waals surface area (Å²) in [4.78, 5) is 26.4. The van der Waals surface area contributed by atoms with Gasteiger partial charge in [0.05, 0.1) is 51.0 Å². The molecule has 1 amide bonds. The van der Waals surface area contributed by atoms with Gasteiger partial charge in [-0.3, -0.25) is 14.9 Å². The lowest BCUT2D eigenvalue weighted by molar-refractivity contribution is -0.892. The van der Waals surface area contributed by atoms with Gasteiger partial charge < -0.3 is 24.6 Å². The number of carbonyl (C=O) groups excluding carboxylic acids is 1. The number of anilines is 2. The van der Waals surface area contributed by atoms with Crippen molar-refractivity contribution in [3.63, 3.8) is 0 Å². The van der Waals surface area contributed by atoms with Crippen LogP contribution in [0.3, 0.4) is 0 Å². The van der Waals surface area contributed by atoms with Crippen molar-refractivity contribution >= 4 is 23.0 Å². The van der Waals surface area contributed by atoms with Crippen LogP contribution >= 0.6 is 0 Å². The van der Waals surface area contributed by atoms with Crippen LogP contribution in [0, 0.1) is 10.1 Å². The summed E-state index contributed by atoms with van der Waals surface area (Å²) in [6.45, 7) is 3.58. The van der Waals surface area contributed by atoms with Crippen molar-refractivity contribution < 1.29 is 24.1 Å². The highest BCUT2D eigenvalue weighted by Crippen LogP contribution is 2.28. The molecule has 0 spiro atoms. The number of nitro groups is 1. The summed E-state index contributed by atoms with van der Waals surface area (Å²) >= 11 is 0. The summed E-state index contributed by atoms with van der Waals surface area (Å²) in [5.74, 6) is 1.01. The molecule has 0 bridgehead atoms. The van der Waals surface area contributed by atoms with E-state index in [1.54, 1.807) is 7.11 Å². The van der Waals surface area contributed by atoms with Gasteiger partial charge in [0, 0.05) is 23.9 Å². The lowest BCUT2D eigenvalue weighted by Crippen LogP contribution is -3.15. The molecule has 1 heterocycles. The Morgan fingerprint density at radius 2 is 1.93 bits per heavy atom. The van der Waals surface area contributed by atoms with Gasteiger partial charge in [0.15, 0.2) is 6.54 Å². The zero-order valence-electron chi connectivity index (χ0n) is 16.5. The Morgan fingerprint density at radius 3 is 2.59 bits per heavy atom. The molecule has 0 atom stereocenters. The van der Waals surface area contributed by atoms with E-state index in [0.717, 1.165) is 42.5 Å². The van der Waals surface area contributed by atoms with Gasteiger partial charge in [0.2, 0.25) is 0 Å². The van der Waals surface area contributed by atoms with Crippen LogP contribution in [-0.4, -0.2) is 57.8 Å². The molecular weight excluding hydrogens is 376 g/mol. The summed E-state index contributed by atoms with van der Waals surface area (Å²) in [7, 11) is 3.11. The molecule has 0 radical (unpaired) electrons. The molecule has 1 aliphatic rings. The zero-order valence-corrected chi connectivity index (χ0v) is 16.5. The van der Waals surface area contributed by atoms with Gasteiger partial charge in [-0.1, -0.05) is 6.07 Å². The van der Waals surface area contributed by atoms with Crippen molar-refractivity contribution in [2.24, 2.45) is 0 Å². The number of amides is 1. The highest BCUT2D eigenvalue weighted by Gasteiger charge is 2.23. The molecule has 0 aromatic heterocycles. The van der Waals surface area contributed by atoms with Gasteiger partial charge in [0.25, 0.3) is 11.6 Å². The molecule has 2 aromatic carbocycles. The molecule has 1 aliphatic heterocycles. The van der Waals surface area contributed by atoms with Crippen LogP contribution in [0.4, 0.5) is 17.1 Å². The molecule has 1 fully saturated rings. The highest BCUT2D eigenvalue weighted by molar-refractivity contribution is 5.93. The normalized spacial score (nSPS) is 14.3. The van der Waals surface area contributed by atoms with Gasteiger partial charge in [-0.2, -0.15) is 0 Å². The molecule has 2 aromatic rings. The summed E-state index contributed by atoms with van der Waals surface area (Å²) in [5, 5.41) is 13.7. The lowest BCUT2D eigenvalue weighted by Gasteiger charge is -2.33. The topological polar surface area (TPSA) is 98.4 Å². The van der Waals surface area contributed by atoms with E-state index in [1.807, 2.05) is 18.2 Å². The molecule has 3 rings (SSSR count). The molecule has 9 heteroatoms. The number of hydrogen-bond donors (Lipinski definition) is 2. The summed E-state index contributed by atoms with van der Waals surface area (Å²) < 4.78 is 10.5. The minimum absolute atomic E-state index is 0.0969. The van der Waals surface area contributed by atoms with E-state index in [4.69, 9.17) is 9.47 Å². The lowest BCUT2D eigenvalue weighted by atomic mass is 10.2. The first-order valence-corrected chi connectivity index (χ1v) is 9.35. The van der Waals surface area contributed by atoms with Crippen LogP contribution in [0.1, 0.15) is 0 Å². The predicted molar refractivity (Wildman–Crippen MR) is 109 cm³/mol. The zero-order chi connectivity index (χ0) is 20.8. The largest absolute Gasteiger partial charge is 0.497 e. The van der Waals surface area contributed by atoms with Gasteiger partial charge in [-0.25, -0.2) is 0 Å². The second kappa shape index (κ2) is 9.24. The first-order chi connectivity index (χ1) is 14.0. The number of benzene rings is 2. The number of methoxy groups -OCH3 is 2. The standard InChI is InChI=1S/C20H24N4O5/c1-28-17-5-3-4-15(12-17)23-10-8-22(9-11-23)14-20(25)21-18-13-16(24(26)27)6-7-19(18)29-2/h3-7,12-13H,8-11,14H2,1-2H3,(H,21,25)/p+1. The van der Waals surface area contributed by atoms with Crippen molar-refractivity contribution in [1.82, 2.24) is 0 Å². The van der Waals surface area contributed by atoms with Gasteiger partial charge >= 0.3 is 0 Å². The fourth-order valence-electron chi connectivity index (χ4n) is 3.39. The number of nitrogens with zero attached hydrogens (tertiary/aromatic N) is 2. The number of nitrogens with one attached hydrogen (secondary N) is 2. The number of piperazine rings is 1. The van der Waals surface area contributed by atoms with Crippen molar-refractivity contribution in [3.05, 3.63) is 52.6 Å². The van der Waals surface area contributed by atoms with E-state index >= 15 is 0 Å². The number of non-ortho nitro benzene ring substituents is 1. The van der Waals surface area contributed by atoms with Gasteiger partial charge in [0.1, 0.15) is 11.5 Å². The Bertz CT molecular complexity index is 881. The number of nitro benzene ring substituents is 1. The Hall–Kier alpha value is -3.33. The van der Waals surface area contributed by atoms with Crippen LogP contribution in [0.25, 0.3) is 0 Å². The van der Waals surface area contributed by atoms with E-state index in [0.29, 0.717) is 11.4 Å². The number of hydrogen-bond acceptors (Lipinski definition) is 6. The van der Waals surface area contributed by atoms with E-state index in [9.17, 15) is 14.9 Å². The predicted octanol–water partition coefficient (Wildman–Crippen LogP) is 0.956. The van der Waals surface area contributed by atoms with E-state index in [2.05, 4.69) is 16.3 Å². The maximum absolute atomic E-state index is 12.5. The number of quaternary nitrogens is 1. The Labute approximate surface area is 169 Å². The van der Waals surface area contributed by atoms with Gasteiger partial charge in [-0.15, -0.1) is 0 Å². The molecule has 9 nitrogen and oxygen atoms in total. The highest BCUT2D eigenvalue weighted by atomic mass is 16.6. The number of carbonyl (C=O) groups is 1. The third kappa shape index (κ3) is 5.14. The molecule has 2 N–H and O–H groups in total. The van der Waals surface area contributed by atoms with E-state index in [1.165, 1.54) is 25.3 Å². The van der Waals surface area contributed by atoms with Crippen LogP contribution in [-0.2, 0) is 4.79 Å². The number of rotatable bonds is 7. The van der Waals surface area contributed by atoms with Crippen LogP contribution < -0.4 is 24.6 Å². The monoisotopic (exact) mass is 401 g/mol. The van der Waals surface area contributed by atoms with E-state index in [-0.39, 0.29) is 18.1 Å². The number of ether oxygens (including phenoxy) is 2. The van der Waals surface area contributed by atoms with Crippen LogP contribution in [0.15, 0.2) is 42.5 Å². The molecule has 1 saturated heterocycles. The maximum atomic E-state index is 12.5. The van der Waals surface area contributed by atoms with Gasteiger partial charge in [-0.05, 0) is 18.2 Å². The molecule has 0 saturated carbocycles. The van der Waals surface area contributed by atoms with E-state index < -0.39 is 4.92 Å². The minimum atomic E-state index is -0.502. The Balaban J connectivity index is 1.56. The van der Waals surface area contributed by atoms with Crippen molar-refractivity contribution in [2.45, 2.75) is 0 Å². The maximum Gasteiger partial charge on any atom is 0.279 e. The van der Waals surface area contributed by atoms with Crippen molar-refractivity contribution in [2.75, 3.05) is 57.2 Å². The SMILES string of the molecule is COc1cccc(N2CC[NH+](CC(=O)Nc3cc([N+](=O)[O-])ccc3OC)CC2)c1. The first-order valence-electron chi connectivity index (χ1n) is 9.35. The van der Waals surface area contributed by atoms with Crippen molar-refractivity contribution in [3.8, 4) is 11.5 Å². The molecule has 29 heavy (non-hydrogen) atoms. The average Bonchev–Trinajstić information content (AvgIpc) is 2.74. The third-order valence-corrected chi connectivity index (χ3v) is 4.97. The smallest absolute Gasteiger partial charge is 0.279 e. The Morgan fingerprint density at radius 1 is 1.17 bits per heavy atom. The van der Waals surface area contributed by atoms with Crippen molar-refractivity contribution in [1.29, 1.82) is 0 Å². The minimum Gasteiger partial charge on any atom is -0.497 e. The third-order valence-electron chi connectivity index (χ3n) is 4.97. The molecule has 0 aliphatic carbocycles. The summed E-state index contributed by atoms with van der Waals surface area (Å²) in [6, 6.07) is 12.1.